The van der Waals surface area contributed by atoms with Gasteiger partial charge in [-0.05, 0) is 414 Å². The highest BCUT2D eigenvalue weighted by atomic mass is 19.4. The van der Waals surface area contributed by atoms with Gasteiger partial charge in [0.05, 0.1) is 48.8 Å². The summed E-state index contributed by atoms with van der Waals surface area (Å²) in [4.78, 5) is 11.5. The summed E-state index contributed by atoms with van der Waals surface area (Å²) >= 11 is 0. The Morgan fingerprint density at radius 2 is 0.701 bits per heavy atom. The van der Waals surface area contributed by atoms with Crippen LogP contribution in [0, 0.1) is 181 Å². The molecule has 0 amide bonds. The fourth-order valence-electron chi connectivity index (χ4n) is 33.8. The Kier molecular flexibility index (Phi) is 25.6. The van der Waals surface area contributed by atoms with Gasteiger partial charge in [0.15, 0.2) is 6.10 Å². The summed E-state index contributed by atoms with van der Waals surface area (Å²) in [7, 11) is 6.80. The van der Waals surface area contributed by atoms with Gasteiger partial charge in [0, 0.05) is 41.0 Å². The minimum absolute atomic E-state index is 0.0593. The molecule has 614 valence electrons. The summed E-state index contributed by atoms with van der Waals surface area (Å²) in [6, 6.07) is 0. The van der Waals surface area contributed by atoms with E-state index in [9.17, 15) is 48.6 Å². The predicted molar refractivity (Wildman–Crippen MR) is 417 cm³/mol. The van der Waals surface area contributed by atoms with Gasteiger partial charge in [-0.2, -0.15) is 13.2 Å². The Balaban J connectivity index is 0.000000126. The summed E-state index contributed by atoms with van der Waals surface area (Å²) in [6.07, 6.45) is 36.9. The number of hydrogen-bond donors (Lipinski definition) is 6. The van der Waals surface area contributed by atoms with Crippen molar-refractivity contribution in [3.8, 4) is 0 Å². The molecule has 0 radical (unpaired) electrons. The summed E-state index contributed by atoms with van der Waals surface area (Å²) in [5, 5.41) is 63.1. The van der Waals surface area contributed by atoms with Crippen LogP contribution in [0.5, 0.6) is 0 Å². The number of carbonyl (C=O) groups excluding carboxylic acids is 1. The van der Waals surface area contributed by atoms with E-state index in [1.165, 1.54) is 147 Å². The second-order valence-electron chi connectivity index (χ2n) is 43.0. The number of fused-ring (bicyclic) bond motifs is 20. The average molecular weight is 1510 g/mol. The number of halogens is 3. The molecule has 0 aromatic heterocycles. The number of aliphatic hydroxyl groups excluding tert-OH is 2. The van der Waals surface area contributed by atoms with E-state index in [1.807, 2.05) is 0 Å². The van der Waals surface area contributed by atoms with Crippen molar-refractivity contribution in [2.24, 2.45) is 181 Å². The second-order valence-corrected chi connectivity index (χ2v) is 43.0. The third-order valence-electron chi connectivity index (χ3n) is 38.2. The Bertz CT molecular complexity index is 2970. The van der Waals surface area contributed by atoms with Gasteiger partial charge in [0.1, 0.15) is 6.29 Å². The van der Waals surface area contributed by atoms with Crippen molar-refractivity contribution in [2.45, 2.75) is 321 Å². The monoisotopic (exact) mass is 1510 g/mol. The van der Waals surface area contributed by atoms with E-state index < -0.39 is 40.6 Å². The fraction of sp³-hybridized carbons (Fsp3) is 0.968. The third-order valence-corrected chi connectivity index (χ3v) is 38.2. The number of aldehydes is 1. The molecule has 14 heteroatoms. The van der Waals surface area contributed by atoms with Crippen molar-refractivity contribution in [1.82, 2.24) is 0 Å². The van der Waals surface area contributed by atoms with Gasteiger partial charge in [0.2, 0.25) is 0 Å². The van der Waals surface area contributed by atoms with Crippen molar-refractivity contribution in [3.63, 3.8) is 0 Å². The van der Waals surface area contributed by atoms with Gasteiger partial charge in [-0.15, -0.1) is 0 Å². The number of alkyl halides is 3. The average Bonchev–Trinajstić information content (AvgIpc) is 1.68. The zero-order valence-electron chi connectivity index (χ0n) is 69.3. The summed E-state index contributed by atoms with van der Waals surface area (Å²) in [6.45, 7) is 24.8. The number of rotatable bonds is 15. The predicted octanol–water partition coefficient (Wildman–Crippen LogP) is 19.1. The summed E-state index contributed by atoms with van der Waals surface area (Å²) < 4.78 is 60.8. The van der Waals surface area contributed by atoms with Crippen LogP contribution in [0.3, 0.4) is 0 Å². The molecule has 16 rings (SSSR count). The number of ether oxygens (including phenoxy) is 4. The lowest BCUT2D eigenvalue weighted by Crippen LogP contribution is -2.52. The molecule has 107 heavy (non-hydrogen) atoms. The lowest BCUT2D eigenvalue weighted by molar-refractivity contribution is -0.227. The van der Waals surface area contributed by atoms with Crippen molar-refractivity contribution < 1.29 is 67.6 Å². The molecule has 1 unspecified atom stereocenters. The summed E-state index contributed by atoms with van der Waals surface area (Å²) in [5.41, 5.74) is 0.319. The van der Waals surface area contributed by atoms with Crippen LogP contribution in [-0.4, -0.2) is 133 Å². The molecule has 0 saturated heterocycles. The fourth-order valence-corrected chi connectivity index (χ4v) is 33.8. The molecule has 11 nitrogen and oxygen atoms in total. The van der Waals surface area contributed by atoms with E-state index in [2.05, 4.69) is 55.0 Å². The first kappa shape index (κ1) is 83.7. The molecule has 0 aliphatic heterocycles. The number of methoxy groups -OCH3 is 4. The van der Waals surface area contributed by atoms with E-state index in [0.29, 0.717) is 108 Å². The molecule has 6 N–H and O–H groups in total. The topological polar surface area (TPSA) is 175 Å². The molecule has 16 aliphatic rings. The second kappa shape index (κ2) is 32.7. The number of carbonyl (C=O) groups is 1. The smallest absolute Gasteiger partial charge is 0.396 e. The lowest BCUT2D eigenvalue weighted by atomic mass is 9.48. The zero-order valence-corrected chi connectivity index (χ0v) is 69.3. The van der Waals surface area contributed by atoms with E-state index in [0.717, 1.165) is 179 Å². The Labute approximate surface area is 646 Å². The standard InChI is InChI=1S/C24H39F3O3.C23H40O3.C23H38O3.C23H38O2/c1-14(21(28)24(25,26)27)19-6-7-20-18-5-4-15-12-23(29,13-30-3)11-9-16(15)17(18)8-10-22(19,20)2;2*1-15(13-24)20-6-7-21-19-5-4-16-12-23(25,14-26-3)11-9-17(16)18(19)8-10-22(20,21)2;1-15(2)20-7-8-21-19-6-5-16-13-23(24,14-25-4)12-10-17(16)18(19)9-11-22(20,21)3/h14-21,28-29H,4-13H2,1-3H3;15-21,24-25H,4-14H2,1-3H3;13,15-21,25H,4-12,14H2,1-3H3;16-21,24H,1,5-14H2,2-4H3/t14-,15+,16-,17+,18+,19+,20-,21?,22+,23-;2*15-,16-,17+,18-,19-,20-,21+,22-,23+;16-,17+,18-,19-,20-,21+,22-,23+/m0111/s1. The molecule has 0 bridgehead atoms. The van der Waals surface area contributed by atoms with Crippen LogP contribution in [0.2, 0.25) is 0 Å². The minimum atomic E-state index is -4.54. The maximum atomic E-state index is 13.2. The van der Waals surface area contributed by atoms with Crippen molar-refractivity contribution in [3.05, 3.63) is 12.2 Å². The van der Waals surface area contributed by atoms with Crippen LogP contribution in [-0.2, 0) is 23.7 Å². The molecular formula is C93H155F3O11. The van der Waals surface area contributed by atoms with Crippen molar-refractivity contribution >= 4 is 6.29 Å². The molecular weight excluding hydrogens is 1350 g/mol. The van der Waals surface area contributed by atoms with E-state index in [1.54, 1.807) is 35.4 Å². The SMILES string of the molecule is C=C(C)[C@H]1CC[C@H]2[C@@H]3CC[C@@H]4C[C@](O)(COC)CC[C@@H]4[C@H]3CC[C@]12C.COC[C@]1(O)CC[C@H]2[C@H](CC[C@@H]3[C@@H]2CC[C@]2(C)[C@@H]([C@H](C)C(O)C(F)(F)F)CC[C@@H]32)C1.COC[C@]1(O)CC[C@H]2[C@H](CC[C@@H]3[C@@H]2CC[C@]2(C)[C@@H]([C@H](C)C=O)CC[C@@H]32)C1.COC[C@]1(O)CC[C@H]2[C@H](CC[C@@H]3[C@@H]2CC[C@]2(C)[C@@H]([C@H](C)CO)CC[C@@H]32)C1. The minimum Gasteiger partial charge on any atom is -0.396 e. The van der Waals surface area contributed by atoms with E-state index >= 15 is 0 Å². The molecule has 16 saturated carbocycles. The molecule has 0 aromatic carbocycles. The molecule has 0 heterocycles. The molecule has 16 fully saturated rings. The zero-order chi connectivity index (χ0) is 76.8. The maximum absolute atomic E-state index is 13.2. The van der Waals surface area contributed by atoms with Gasteiger partial charge in [-0.3, -0.25) is 0 Å². The van der Waals surface area contributed by atoms with Gasteiger partial charge >= 0.3 is 6.18 Å². The van der Waals surface area contributed by atoms with Crippen LogP contribution in [0.1, 0.15) is 287 Å². The van der Waals surface area contributed by atoms with Crippen LogP contribution >= 0.6 is 0 Å². The van der Waals surface area contributed by atoms with Crippen molar-refractivity contribution in [2.75, 3.05) is 61.5 Å². The highest BCUT2D eigenvalue weighted by Crippen LogP contribution is 2.71. The third kappa shape index (κ3) is 15.8. The first-order chi connectivity index (χ1) is 50.7. The lowest BCUT2D eigenvalue weighted by Gasteiger charge is -2.57. The van der Waals surface area contributed by atoms with Gasteiger partial charge in [-0.1, -0.05) is 60.6 Å². The summed E-state index contributed by atoms with van der Waals surface area (Å²) in [5.74, 6) is 17.5. The largest absolute Gasteiger partial charge is 0.414 e. The quantitative estimate of drug-likeness (QED) is 0.0680. The molecule has 0 aromatic rings. The van der Waals surface area contributed by atoms with Gasteiger partial charge < -0.3 is 54.4 Å². The maximum Gasteiger partial charge on any atom is 0.414 e. The Morgan fingerprint density at radius 1 is 0.411 bits per heavy atom. The number of allylic oxidation sites excluding steroid dienone is 1. The van der Waals surface area contributed by atoms with Crippen LogP contribution in [0.15, 0.2) is 12.2 Å². The van der Waals surface area contributed by atoms with Crippen LogP contribution < -0.4 is 0 Å². The first-order valence-corrected chi connectivity index (χ1v) is 45.0. The molecule has 36 atom stereocenters. The highest BCUT2D eigenvalue weighted by molar-refractivity contribution is 5.53. The van der Waals surface area contributed by atoms with E-state index in [4.69, 9.17) is 18.9 Å². The Morgan fingerprint density at radius 3 is 1.02 bits per heavy atom. The molecule has 0 spiro atoms. The van der Waals surface area contributed by atoms with Gasteiger partial charge in [-0.25, -0.2) is 0 Å². The van der Waals surface area contributed by atoms with Crippen LogP contribution in [0.4, 0.5) is 13.2 Å². The van der Waals surface area contributed by atoms with Crippen LogP contribution in [0.25, 0.3) is 0 Å². The normalized spacial score (nSPS) is 51.0. The highest BCUT2D eigenvalue weighted by Gasteiger charge is 2.65. The number of aliphatic hydroxyl groups is 6. The Hall–Kier alpha value is -1.20. The van der Waals surface area contributed by atoms with E-state index in [-0.39, 0.29) is 17.3 Å². The number of hydrogen-bond acceptors (Lipinski definition) is 11. The van der Waals surface area contributed by atoms with Crippen molar-refractivity contribution in [1.29, 1.82) is 0 Å². The molecule has 16 aliphatic carbocycles. The van der Waals surface area contributed by atoms with Gasteiger partial charge in [0.25, 0.3) is 0 Å². The first-order valence-electron chi connectivity index (χ1n) is 45.0.